The highest BCUT2D eigenvalue weighted by Crippen LogP contribution is 2.17. The molecule has 0 amide bonds. The summed E-state index contributed by atoms with van der Waals surface area (Å²) >= 11 is 0. The molecule has 1 saturated heterocycles. The van der Waals surface area contributed by atoms with Crippen molar-refractivity contribution >= 4 is 0 Å². The Kier molecular flexibility index (Phi) is 6.45. The lowest BCUT2D eigenvalue weighted by atomic mass is 9.97. The van der Waals surface area contributed by atoms with Gasteiger partial charge in [0.1, 0.15) is 0 Å². The average molecular weight is 285 g/mol. The molecule has 4 heteroatoms. The molecule has 0 aromatic carbocycles. The maximum absolute atomic E-state index is 9.62. The second-order valence-corrected chi connectivity index (χ2v) is 7.77. The average Bonchev–Trinajstić information content (AvgIpc) is 2.35. The molecule has 0 bridgehead atoms. The largest absolute Gasteiger partial charge is 0.394 e. The fourth-order valence-electron chi connectivity index (χ4n) is 2.94. The zero-order chi connectivity index (χ0) is 15.4. The molecular formula is C16H35N3O. The first-order valence-corrected chi connectivity index (χ1v) is 8.02. The van der Waals surface area contributed by atoms with E-state index in [2.05, 4.69) is 56.7 Å². The van der Waals surface area contributed by atoms with Gasteiger partial charge in [-0.25, -0.2) is 0 Å². The Morgan fingerprint density at radius 2 is 1.60 bits per heavy atom. The third-order valence-electron chi connectivity index (χ3n) is 4.29. The second kappa shape index (κ2) is 7.21. The summed E-state index contributed by atoms with van der Waals surface area (Å²) < 4.78 is 0. The molecule has 120 valence electrons. The molecule has 1 aliphatic rings. The Morgan fingerprint density at radius 1 is 1.05 bits per heavy atom. The molecule has 1 rings (SSSR count). The number of nitrogens with one attached hydrogen (secondary N) is 1. The fraction of sp³-hybridized carbons (Fsp3) is 1.00. The summed E-state index contributed by atoms with van der Waals surface area (Å²) in [7, 11) is 0. The lowest BCUT2D eigenvalue weighted by Gasteiger charge is -2.43. The molecule has 0 spiro atoms. The number of rotatable bonds is 6. The van der Waals surface area contributed by atoms with E-state index in [1.165, 1.54) is 0 Å². The van der Waals surface area contributed by atoms with E-state index in [1.54, 1.807) is 0 Å². The maximum Gasteiger partial charge on any atom is 0.0611 e. The number of aliphatic hydroxyl groups is 1. The van der Waals surface area contributed by atoms with E-state index < -0.39 is 0 Å². The lowest BCUT2D eigenvalue weighted by Crippen LogP contribution is -2.55. The van der Waals surface area contributed by atoms with Crippen LogP contribution in [0.2, 0.25) is 0 Å². The zero-order valence-corrected chi connectivity index (χ0v) is 14.4. The summed E-state index contributed by atoms with van der Waals surface area (Å²) in [6.07, 6.45) is 0.997. The van der Waals surface area contributed by atoms with Gasteiger partial charge < -0.3 is 15.3 Å². The molecule has 1 aliphatic heterocycles. The topological polar surface area (TPSA) is 38.7 Å². The number of nitrogens with zero attached hydrogens (tertiary/aromatic N) is 2. The number of piperazine rings is 1. The van der Waals surface area contributed by atoms with Crippen LogP contribution in [0.3, 0.4) is 0 Å². The Labute approximate surface area is 125 Å². The first kappa shape index (κ1) is 17.9. The van der Waals surface area contributed by atoms with Crippen molar-refractivity contribution in [2.45, 2.75) is 65.1 Å². The maximum atomic E-state index is 9.62. The van der Waals surface area contributed by atoms with E-state index in [4.69, 9.17) is 0 Å². The van der Waals surface area contributed by atoms with Crippen LogP contribution in [0.4, 0.5) is 0 Å². The van der Waals surface area contributed by atoms with Gasteiger partial charge in [0.15, 0.2) is 0 Å². The first-order chi connectivity index (χ1) is 9.16. The monoisotopic (exact) mass is 285 g/mol. The van der Waals surface area contributed by atoms with Crippen LogP contribution in [-0.2, 0) is 0 Å². The predicted octanol–water partition coefficient (Wildman–Crippen LogP) is 1.54. The van der Waals surface area contributed by atoms with Crippen molar-refractivity contribution in [3.63, 3.8) is 0 Å². The molecule has 1 atom stereocenters. The summed E-state index contributed by atoms with van der Waals surface area (Å²) in [6.45, 7) is 19.1. The highest BCUT2D eigenvalue weighted by Gasteiger charge is 2.28. The van der Waals surface area contributed by atoms with E-state index in [1.807, 2.05) is 0 Å². The van der Waals surface area contributed by atoms with Crippen LogP contribution in [0.25, 0.3) is 0 Å². The molecule has 0 radical (unpaired) electrons. The number of aliphatic hydroxyl groups excluding tert-OH is 1. The Balaban J connectivity index is 2.37. The highest BCUT2D eigenvalue weighted by molar-refractivity contribution is 4.87. The van der Waals surface area contributed by atoms with Gasteiger partial charge in [-0.3, -0.25) is 4.90 Å². The summed E-state index contributed by atoms with van der Waals surface area (Å²) in [5.41, 5.74) is 0.125. The molecular weight excluding hydrogens is 250 g/mol. The molecule has 4 nitrogen and oxygen atoms in total. The van der Waals surface area contributed by atoms with Crippen LogP contribution in [0.15, 0.2) is 0 Å². The van der Waals surface area contributed by atoms with Crippen molar-refractivity contribution in [3.8, 4) is 0 Å². The van der Waals surface area contributed by atoms with Gasteiger partial charge in [0, 0.05) is 49.8 Å². The van der Waals surface area contributed by atoms with Crippen molar-refractivity contribution in [1.82, 2.24) is 15.1 Å². The van der Waals surface area contributed by atoms with E-state index in [0.717, 1.165) is 39.1 Å². The molecule has 0 aliphatic carbocycles. The molecule has 1 heterocycles. The summed E-state index contributed by atoms with van der Waals surface area (Å²) in [6, 6.07) is 0.407. The molecule has 20 heavy (non-hydrogen) atoms. The zero-order valence-electron chi connectivity index (χ0n) is 14.4. The van der Waals surface area contributed by atoms with Gasteiger partial charge in [0.25, 0.3) is 0 Å². The quantitative estimate of drug-likeness (QED) is 0.776. The predicted molar refractivity (Wildman–Crippen MR) is 86.1 cm³/mol. The van der Waals surface area contributed by atoms with E-state index in [-0.39, 0.29) is 17.7 Å². The third kappa shape index (κ3) is 5.68. The third-order valence-corrected chi connectivity index (χ3v) is 4.29. The minimum atomic E-state index is -0.157. The summed E-state index contributed by atoms with van der Waals surface area (Å²) in [4.78, 5) is 5.08. The number of hydrogen-bond acceptors (Lipinski definition) is 4. The van der Waals surface area contributed by atoms with Crippen molar-refractivity contribution in [3.05, 3.63) is 0 Å². The van der Waals surface area contributed by atoms with Crippen LogP contribution in [0, 0.1) is 0 Å². The summed E-state index contributed by atoms with van der Waals surface area (Å²) in [5, 5.41) is 13.1. The van der Waals surface area contributed by atoms with Gasteiger partial charge in [-0.1, -0.05) is 13.8 Å². The van der Waals surface area contributed by atoms with Gasteiger partial charge in [-0.2, -0.15) is 0 Å². The van der Waals surface area contributed by atoms with Gasteiger partial charge >= 0.3 is 0 Å². The molecule has 1 fully saturated rings. The standard InChI is InChI=1S/C16H35N3O/c1-14(2)17-16(6,13-20)7-8-18-9-11-19(12-10-18)15(3,4)5/h14,17,20H,7-13H2,1-6H3. The lowest BCUT2D eigenvalue weighted by molar-refractivity contribution is 0.0540. The molecule has 0 aromatic heterocycles. The minimum Gasteiger partial charge on any atom is -0.394 e. The van der Waals surface area contributed by atoms with E-state index >= 15 is 0 Å². The summed E-state index contributed by atoms with van der Waals surface area (Å²) in [5.74, 6) is 0. The van der Waals surface area contributed by atoms with Crippen LogP contribution in [-0.4, -0.2) is 71.4 Å². The minimum absolute atomic E-state index is 0.157. The highest BCUT2D eigenvalue weighted by atomic mass is 16.3. The molecule has 0 saturated carbocycles. The van der Waals surface area contributed by atoms with E-state index in [9.17, 15) is 5.11 Å². The van der Waals surface area contributed by atoms with Crippen LogP contribution < -0.4 is 5.32 Å². The normalized spacial score (nSPS) is 22.2. The molecule has 0 aromatic rings. The smallest absolute Gasteiger partial charge is 0.0611 e. The van der Waals surface area contributed by atoms with Crippen molar-refractivity contribution < 1.29 is 5.11 Å². The molecule has 2 N–H and O–H groups in total. The van der Waals surface area contributed by atoms with Crippen LogP contribution in [0.5, 0.6) is 0 Å². The van der Waals surface area contributed by atoms with Crippen molar-refractivity contribution in [1.29, 1.82) is 0 Å². The van der Waals surface area contributed by atoms with Crippen molar-refractivity contribution in [2.75, 3.05) is 39.3 Å². The Morgan fingerprint density at radius 3 is 2.00 bits per heavy atom. The fourth-order valence-corrected chi connectivity index (χ4v) is 2.94. The number of hydrogen-bond donors (Lipinski definition) is 2. The van der Waals surface area contributed by atoms with Gasteiger partial charge in [-0.05, 0) is 34.1 Å². The second-order valence-electron chi connectivity index (χ2n) is 7.77. The van der Waals surface area contributed by atoms with Gasteiger partial charge in [0.2, 0.25) is 0 Å². The Hall–Kier alpha value is -0.160. The Bertz CT molecular complexity index is 280. The first-order valence-electron chi connectivity index (χ1n) is 8.02. The van der Waals surface area contributed by atoms with Gasteiger partial charge in [0.05, 0.1) is 6.61 Å². The molecule has 1 unspecified atom stereocenters. The van der Waals surface area contributed by atoms with Crippen LogP contribution >= 0.6 is 0 Å². The van der Waals surface area contributed by atoms with E-state index in [0.29, 0.717) is 6.04 Å². The van der Waals surface area contributed by atoms with Crippen molar-refractivity contribution in [2.24, 2.45) is 0 Å². The van der Waals surface area contributed by atoms with Gasteiger partial charge in [-0.15, -0.1) is 0 Å². The SMILES string of the molecule is CC(C)NC(C)(CO)CCN1CCN(C(C)(C)C)CC1. The van der Waals surface area contributed by atoms with Crippen LogP contribution in [0.1, 0.15) is 48.0 Å².